The van der Waals surface area contributed by atoms with Crippen LogP contribution in [0.25, 0.3) is 0 Å². The number of thiophene rings is 1. The molecular formula is C16H26BrN3O3S2. The molecule has 1 N–H and O–H groups in total. The van der Waals surface area contributed by atoms with Gasteiger partial charge >= 0.3 is 0 Å². The Labute approximate surface area is 162 Å². The molecule has 142 valence electrons. The minimum atomic E-state index is -3.45. The Morgan fingerprint density at radius 3 is 2.40 bits per heavy atom. The van der Waals surface area contributed by atoms with E-state index in [2.05, 4.69) is 21.2 Å². The van der Waals surface area contributed by atoms with Crippen LogP contribution in [0.4, 0.5) is 0 Å². The summed E-state index contributed by atoms with van der Waals surface area (Å²) in [6.45, 7) is 9.81. The second-order valence-corrected chi connectivity index (χ2v) is 11.5. The molecule has 0 aromatic carbocycles. The van der Waals surface area contributed by atoms with Crippen molar-refractivity contribution in [2.75, 3.05) is 26.2 Å². The first-order valence-corrected chi connectivity index (χ1v) is 11.4. The van der Waals surface area contributed by atoms with Crippen LogP contribution in [0.1, 0.15) is 34.1 Å². The molecule has 0 saturated carbocycles. The van der Waals surface area contributed by atoms with E-state index in [1.807, 2.05) is 32.6 Å². The topological polar surface area (TPSA) is 69.7 Å². The molecule has 1 fully saturated rings. The Morgan fingerprint density at radius 1 is 1.32 bits per heavy atom. The maximum Gasteiger partial charge on any atom is 0.252 e. The van der Waals surface area contributed by atoms with E-state index in [4.69, 9.17) is 0 Å². The van der Waals surface area contributed by atoms with Gasteiger partial charge in [0.2, 0.25) is 5.91 Å². The molecule has 1 unspecified atom stereocenters. The van der Waals surface area contributed by atoms with E-state index in [1.165, 1.54) is 15.6 Å². The molecule has 1 saturated heterocycles. The summed E-state index contributed by atoms with van der Waals surface area (Å²) in [7, 11) is -3.45. The highest BCUT2D eigenvalue weighted by atomic mass is 79.9. The van der Waals surface area contributed by atoms with Gasteiger partial charge < -0.3 is 5.32 Å². The van der Waals surface area contributed by atoms with Crippen LogP contribution in [0.2, 0.25) is 0 Å². The lowest BCUT2D eigenvalue weighted by molar-refractivity contribution is -0.128. The zero-order valence-electron chi connectivity index (χ0n) is 15.1. The minimum Gasteiger partial charge on any atom is -0.350 e. The number of sulfonamides is 1. The van der Waals surface area contributed by atoms with E-state index >= 15 is 0 Å². The van der Waals surface area contributed by atoms with E-state index in [0.29, 0.717) is 30.4 Å². The van der Waals surface area contributed by atoms with Crippen molar-refractivity contribution in [1.29, 1.82) is 0 Å². The first kappa shape index (κ1) is 20.8. The van der Waals surface area contributed by atoms with Crippen LogP contribution in [-0.4, -0.2) is 61.3 Å². The smallest absolute Gasteiger partial charge is 0.252 e. The molecule has 2 heterocycles. The summed E-state index contributed by atoms with van der Waals surface area (Å²) >= 11 is 4.52. The number of amides is 1. The number of piperazine rings is 1. The Hall–Kier alpha value is -0.480. The molecule has 0 radical (unpaired) electrons. The van der Waals surface area contributed by atoms with Crippen molar-refractivity contribution < 1.29 is 13.2 Å². The van der Waals surface area contributed by atoms with Gasteiger partial charge in [0.15, 0.2) is 0 Å². The Kier molecular flexibility index (Phi) is 6.70. The first-order valence-electron chi connectivity index (χ1n) is 8.38. The molecule has 1 aromatic rings. The SMILES string of the molecule is CCC(C)(C)NC(=O)C(C)N1CCN(S(=O)(=O)c2ccc(Br)s2)CC1. The number of hydrogen-bond donors (Lipinski definition) is 1. The van der Waals surface area contributed by atoms with Crippen molar-refractivity contribution in [3.05, 3.63) is 15.9 Å². The fraction of sp³-hybridized carbons (Fsp3) is 0.688. The fourth-order valence-electron chi connectivity index (χ4n) is 2.59. The maximum atomic E-state index is 12.7. The average Bonchev–Trinajstić information content (AvgIpc) is 3.01. The number of nitrogens with one attached hydrogen (secondary N) is 1. The van der Waals surface area contributed by atoms with Gasteiger partial charge in [0.25, 0.3) is 10.0 Å². The van der Waals surface area contributed by atoms with Crippen molar-refractivity contribution >= 4 is 43.2 Å². The summed E-state index contributed by atoms with van der Waals surface area (Å²) in [4.78, 5) is 14.5. The van der Waals surface area contributed by atoms with E-state index in [9.17, 15) is 13.2 Å². The molecule has 25 heavy (non-hydrogen) atoms. The zero-order valence-corrected chi connectivity index (χ0v) is 18.3. The summed E-state index contributed by atoms with van der Waals surface area (Å²) in [5.41, 5.74) is -0.233. The Balaban J connectivity index is 1.96. The molecule has 1 aromatic heterocycles. The highest BCUT2D eigenvalue weighted by Gasteiger charge is 2.33. The largest absolute Gasteiger partial charge is 0.350 e. The monoisotopic (exact) mass is 451 g/mol. The van der Waals surface area contributed by atoms with E-state index in [-0.39, 0.29) is 17.5 Å². The fourth-order valence-corrected chi connectivity index (χ4v) is 6.17. The zero-order chi connectivity index (χ0) is 18.8. The molecule has 0 spiro atoms. The molecule has 0 bridgehead atoms. The van der Waals surface area contributed by atoms with Gasteiger partial charge in [-0.2, -0.15) is 4.31 Å². The van der Waals surface area contributed by atoms with Crippen LogP contribution in [0, 0.1) is 0 Å². The molecule has 1 atom stereocenters. The normalized spacial score (nSPS) is 18.9. The van der Waals surface area contributed by atoms with Crippen LogP contribution in [0.15, 0.2) is 20.1 Å². The van der Waals surface area contributed by atoms with E-state index < -0.39 is 10.0 Å². The van der Waals surface area contributed by atoms with Crippen LogP contribution in [0.3, 0.4) is 0 Å². The van der Waals surface area contributed by atoms with Crippen LogP contribution in [-0.2, 0) is 14.8 Å². The summed E-state index contributed by atoms with van der Waals surface area (Å²) < 4.78 is 28.0. The first-order chi connectivity index (χ1) is 11.6. The molecule has 1 aliphatic rings. The molecule has 6 nitrogen and oxygen atoms in total. The number of halogens is 1. The lowest BCUT2D eigenvalue weighted by atomic mass is 10.0. The number of carbonyl (C=O) groups is 1. The van der Waals surface area contributed by atoms with Crippen molar-refractivity contribution in [2.24, 2.45) is 0 Å². The summed E-state index contributed by atoms with van der Waals surface area (Å²) in [5, 5.41) is 3.06. The van der Waals surface area contributed by atoms with Gasteiger partial charge in [-0.3, -0.25) is 9.69 Å². The quantitative estimate of drug-likeness (QED) is 0.720. The van der Waals surface area contributed by atoms with Crippen LogP contribution >= 0.6 is 27.3 Å². The van der Waals surface area contributed by atoms with Crippen molar-refractivity contribution in [3.63, 3.8) is 0 Å². The van der Waals surface area contributed by atoms with Gasteiger partial charge in [-0.1, -0.05) is 6.92 Å². The maximum absolute atomic E-state index is 12.7. The van der Waals surface area contributed by atoms with E-state index in [1.54, 1.807) is 12.1 Å². The van der Waals surface area contributed by atoms with Crippen molar-refractivity contribution in [3.8, 4) is 0 Å². The third-order valence-electron chi connectivity index (χ3n) is 4.69. The predicted molar refractivity (Wildman–Crippen MR) is 104 cm³/mol. The summed E-state index contributed by atoms with van der Waals surface area (Å²) in [6.07, 6.45) is 0.855. The number of hydrogen-bond acceptors (Lipinski definition) is 5. The molecular weight excluding hydrogens is 426 g/mol. The van der Waals surface area contributed by atoms with Crippen molar-refractivity contribution in [1.82, 2.24) is 14.5 Å². The van der Waals surface area contributed by atoms with Gasteiger partial charge in [0.05, 0.1) is 9.83 Å². The van der Waals surface area contributed by atoms with Crippen molar-refractivity contribution in [2.45, 2.75) is 49.9 Å². The highest BCUT2D eigenvalue weighted by molar-refractivity contribution is 9.11. The number of nitrogens with zero attached hydrogens (tertiary/aromatic N) is 2. The number of rotatable bonds is 6. The molecule has 2 rings (SSSR count). The molecule has 9 heteroatoms. The van der Waals surface area contributed by atoms with Gasteiger partial charge in [0, 0.05) is 31.7 Å². The summed E-state index contributed by atoms with van der Waals surface area (Å²) in [5.74, 6) is -0.00894. The van der Waals surface area contributed by atoms with Crippen LogP contribution < -0.4 is 5.32 Å². The third kappa shape index (κ3) is 5.03. The highest BCUT2D eigenvalue weighted by Crippen LogP contribution is 2.29. The van der Waals surface area contributed by atoms with E-state index in [0.717, 1.165) is 10.2 Å². The molecule has 1 amide bonds. The Bertz CT molecular complexity index is 710. The lowest BCUT2D eigenvalue weighted by Gasteiger charge is -2.37. The Morgan fingerprint density at radius 2 is 1.92 bits per heavy atom. The lowest BCUT2D eigenvalue weighted by Crippen LogP contribution is -2.57. The molecule has 0 aliphatic carbocycles. The minimum absolute atomic E-state index is 0.00894. The number of carbonyl (C=O) groups excluding carboxylic acids is 1. The second kappa shape index (κ2) is 8.04. The van der Waals surface area contributed by atoms with Gasteiger partial charge in [-0.05, 0) is 55.3 Å². The standard InChI is InChI=1S/C16H26BrN3O3S2/c1-5-16(3,4)18-15(21)12(2)19-8-10-20(11-9-19)25(22,23)14-7-6-13(17)24-14/h6-7,12H,5,8-11H2,1-4H3,(H,18,21). The van der Waals surface area contributed by atoms with Crippen LogP contribution in [0.5, 0.6) is 0 Å². The van der Waals surface area contributed by atoms with Gasteiger partial charge in [0.1, 0.15) is 4.21 Å². The third-order valence-corrected chi connectivity index (χ3v) is 8.68. The second-order valence-electron chi connectivity index (χ2n) is 6.90. The van der Waals surface area contributed by atoms with Gasteiger partial charge in [-0.25, -0.2) is 8.42 Å². The van der Waals surface area contributed by atoms with Gasteiger partial charge in [-0.15, -0.1) is 11.3 Å². The summed E-state index contributed by atoms with van der Waals surface area (Å²) in [6, 6.07) is 3.10. The molecule has 1 aliphatic heterocycles. The average molecular weight is 452 g/mol. The predicted octanol–water partition coefficient (Wildman–Crippen LogP) is 2.51.